The molecule has 0 unspecified atom stereocenters. The van der Waals surface area contributed by atoms with Crippen LogP contribution in [0.25, 0.3) is 22.3 Å². The number of phenols is 3. The molecule has 0 radical (unpaired) electrons. The van der Waals surface area contributed by atoms with E-state index in [1.807, 2.05) is 0 Å². The molecule has 2 heterocycles. The van der Waals surface area contributed by atoms with Gasteiger partial charge in [0, 0.05) is 17.7 Å². The summed E-state index contributed by atoms with van der Waals surface area (Å²) in [5, 5.41) is 60.1. The molecule has 4 rings (SSSR count). The van der Waals surface area contributed by atoms with Crippen LogP contribution < -0.4 is 10.2 Å². The molecule has 180 valence electrons. The fraction of sp³-hybridized carbons (Fsp3) is 0.273. The molecular weight excluding hydrogens is 456 g/mol. The summed E-state index contributed by atoms with van der Waals surface area (Å²) < 4.78 is 20.8. The number of aliphatic hydroxyl groups is 3. The minimum Gasteiger partial charge on any atom is -0.508 e. The highest BCUT2D eigenvalue weighted by Crippen LogP contribution is 2.42. The molecule has 0 aliphatic carbocycles. The third-order valence-electron chi connectivity index (χ3n) is 5.33. The number of fused-ring (bicyclic) bond motifs is 1. The third-order valence-corrected chi connectivity index (χ3v) is 5.33. The van der Waals surface area contributed by atoms with E-state index in [4.69, 9.17) is 13.9 Å². The van der Waals surface area contributed by atoms with Crippen LogP contribution in [0.3, 0.4) is 0 Å². The number of hydrogen-bond donors (Lipinski definition) is 6. The largest absolute Gasteiger partial charge is 0.508 e. The van der Waals surface area contributed by atoms with E-state index >= 15 is 0 Å². The number of hydrogen-bond acceptors (Lipinski definition) is 12. The molecule has 2 aromatic carbocycles. The van der Waals surface area contributed by atoms with Gasteiger partial charge in [-0.15, -0.1) is 0 Å². The maximum absolute atomic E-state index is 12.6. The Hall–Kier alpha value is -3.84. The average Bonchev–Trinajstić information content (AvgIpc) is 2.82. The van der Waals surface area contributed by atoms with Crippen LogP contribution in [0.5, 0.6) is 23.0 Å². The molecule has 1 aromatic heterocycles. The Morgan fingerprint density at radius 3 is 2.26 bits per heavy atom. The Balaban J connectivity index is 1.75. The number of aliphatic hydroxyl groups excluding tert-OH is 3. The highest BCUT2D eigenvalue weighted by atomic mass is 16.7. The molecule has 5 atom stereocenters. The molecule has 0 spiro atoms. The van der Waals surface area contributed by atoms with Crippen LogP contribution in [0, 0.1) is 0 Å². The van der Waals surface area contributed by atoms with Crippen molar-refractivity contribution in [3.05, 3.63) is 46.6 Å². The molecule has 1 aliphatic heterocycles. The minimum atomic E-state index is -1.88. The standard InChI is InChI=1S/C22H20O12/c1-31-21(30)20-18(28)17(27)19(29)22(34-20)33-13-7-12-14(16(26)15(13)25)10(24)6-11(32-12)8-2-4-9(23)5-3-8/h2-7,17-20,22-23,25-29H,1H3/t17-,18-,19+,20-,22+/m1/s1. The van der Waals surface area contributed by atoms with Gasteiger partial charge in [-0.3, -0.25) is 4.79 Å². The van der Waals surface area contributed by atoms with E-state index in [2.05, 4.69) is 4.74 Å². The Morgan fingerprint density at radius 1 is 0.941 bits per heavy atom. The summed E-state index contributed by atoms with van der Waals surface area (Å²) in [4.78, 5) is 24.4. The Morgan fingerprint density at radius 2 is 1.62 bits per heavy atom. The van der Waals surface area contributed by atoms with Crippen LogP contribution >= 0.6 is 0 Å². The lowest BCUT2D eigenvalue weighted by molar-refractivity contribution is -0.272. The van der Waals surface area contributed by atoms with Gasteiger partial charge in [-0.25, -0.2) is 4.79 Å². The molecule has 3 aromatic rings. The summed E-state index contributed by atoms with van der Waals surface area (Å²) >= 11 is 0. The topological polar surface area (TPSA) is 196 Å². The van der Waals surface area contributed by atoms with Gasteiger partial charge >= 0.3 is 5.97 Å². The van der Waals surface area contributed by atoms with Crippen LogP contribution in [-0.2, 0) is 14.3 Å². The second kappa shape index (κ2) is 8.83. The summed E-state index contributed by atoms with van der Waals surface area (Å²) in [5.74, 6) is -3.29. The number of methoxy groups -OCH3 is 1. The maximum atomic E-state index is 12.6. The number of rotatable bonds is 4. The zero-order valence-electron chi connectivity index (χ0n) is 17.5. The fourth-order valence-corrected chi connectivity index (χ4v) is 3.51. The van der Waals surface area contributed by atoms with E-state index < -0.39 is 59.4 Å². The number of benzene rings is 2. The number of carbonyl (C=O) groups excluding carboxylic acids is 1. The number of ether oxygens (including phenoxy) is 3. The van der Waals surface area contributed by atoms with Crippen molar-refractivity contribution in [2.75, 3.05) is 7.11 Å². The highest BCUT2D eigenvalue weighted by molar-refractivity contribution is 5.89. The van der Waals surface area contributed by atoms with Crippen molar-refractivity contribution in [3.8, 4) is 34.3 Å². The second-order valence-electron chi connectivity index (χ2n) is 7.50. The zero-order chi connectivity index (χ0) is 24.7. The quantitative estimate of drug-likeness (QED) is 0.217. The van der Waals surface area contributed by atoms with Gasteiger partial charge in [0.1, 0.15) is 40.8 Å². The number of esters is 1. The van der Waals surface area contributed by atoms with Crippen LogP contribution in [-0.4, -0.2) is 74.4 Å². The van der Waals surface area contributed by atoms with Crippen molar-refractivity contribution < 1.29 is 54.1 Å². The SMILES string of the molecule is COC(=O)[C@@H]1O[C@H](Oc2cc3oc(-c4ccc(O)cc4)cc(=O)c3c(O)c2O)[C@@H](O)[C@H](O)[C@H]1O. The monoisotopic (exact) mass is 476 g/mol. The average molecular weight is 476 g/mol. The van der Waals surface area contributed by atoms with Crippen LogP contribution in [0.4, 0.5) is 0 Å². The summed E-state index contributed by atoms with van der Waals surface area (Å²) in [7, 11) is 1.02. The minimum absolute atomic E-state index is 0.00579. The molecule has 0 amide bonds. The molecule has 12 nitrogen and oxygen atoms in total. The van der Waals surface area contributed by atoms with Crippen molar-refractivity contribution in [1.82, 2.24) is 0 Å². The predicted molar refractivity (Wildman–Crippen MR) is 112 cm³/mol. The second-order valence-corrected chi connectivity index (χ2v) is 7.50. The van der Waals surface area contributed by atoms with Crippen LogP contribution in [0.15, 0.2) is 45.6 Å². The van der Waals surface area contributed by atoms with Gasteiger partial charge in [0.05, 0.1) is 7.11 Å². The van der Waals surface area contributed by atoms with Gasteiger partial charge in [0.2, 0.25) is 12.0 Å². The number of carbonyl (C=O) groups is 1. The molecule has 1 saturated heterocycles. The number of aromatic hydroxyl groups is 3. The van der Waals surface area contributed by atoms with Crippen molar-refractivity contribution in [3.63, 3.8) is 0 Å². The van der Waals surface area contributed by atoms with Crippen molar-refractivity contribution in [1.29, 1.82) is 0 Å². The first-order chi connectivity index (χ1) is 16.1. The lowest BCUT2D eigenvalue weighted by Gasteiger charge is -2.38. The van der Waals surface area contributed by atoms with Gasteiger partial charge < -0.3 is 49.3 Å². The van der Waals surface area contributed by atoms with Gasteiger partial charge in [0.15, 0.2) is 23.0 Å². The Kier molecular flexibility index (Phi) is 6.06. The molecule has 34 heavy (non-hydrogen) atoms. The molecule has 0 bridgehead atoms. The van der Waals surface area contributed by atoms with Crippen LogP contribution in [0.1, 0.15) is 0 Å². The fourth-order valence-electron chi connectivity index (χ4n) is 3.51. The van der Waals surface area contributed by atoms with Crippen LogP contribution in [0.2, 0.25) is 0 Å². The molecule has 1 fully saturated rings. The van der Waals surface area contributed by atoms with E-state index in [1.165, 1.54) is 24.3 Å². The zero-order valence-corrected chi connectivity index (χ0v) is 17.5. The molecular formula is C22H20O12. The first-order valence-corrected chi connectivity index (χ1v) is 9.88. The summed E-state index contributed by atoms with van der Waals surface area (Å²) in [5.41, 5.74) is -0.478. The third kappa shape index (κ3) is 3.99. The Bertz CT molecular complexity index is 1280. The smallest absolute Gasteiger partial charge is 0.337 e. The maximum Gasteiger partial charge on any atom is 0.337 e. The van der Waals surface area contributed by atoms with E-state index in [1.54, 1.807) is 0 Å². The lowest BCUT2D eigenvalue weighted by Crippen LogP contribution is -2.61. The van der Waals surface area contributed by atoms with Gasteiger partial charge in [-0.05, 0) is 24.3 Å². The Labute approximate surface area is 190 Å². The van der Waals surface area contributed by atoms with E-state index in [0.717, 1.165) is 19.2 Å². The predicted octanol–water partition coefficient (Wildman–Crippen LogP) is -0.0638. The summed E-state index contributed by atoms with van der Waals surface area (Å²) in [6, 6.07) is 7.85. The molecule has 6 N–H and O–H groups in total. The lowest BCUT2D eigenvalue weighted by atomic mass is 9.99. The molecule has 12 heteroatoms. The number of phenolic OH excluding ortho intramolecular Hbond substituents is 3. The van der Waals surface area contributed by atoms with Crippen molar-refractivity contribution in [2.24, 2.45) is 0 Å². The molecule has 0 saturated carbocycles. The van der Waals surface area contributed by atoms with Crippen molar-refractivity contribution >= 4 is 16.9 Å². The van der Waals surface area contributed by atoms with Gasteiger partial charge in [0.25, 0.3) is 0 Å². The van der Waals surface area contributed by atoms with E-state index in [0.29, 0.717) is 5.56 Å². The first-order valence-electron chi connectivity index (χ1n) is 9.88. The highest BCUT2D eigenvalue weighted by Gasteiger charge is 2.48. The summed E-state index contributed by atoms with van der Waals surface area (Å²) in [6.07, 6.45) is -9.09. The normalized spacial score (nSPS) is 24.6. The van der Waals surface area contributed by atoms with E-state index in [9.17, 15) is 40.2 Å². The summed E-state index contributed by atoms with van der Waals surface area (Å²) in [6.45, 7) is 0. The first kappa shape index (κ1) is 23.3. The van der Waals surface area contributed by atoms with Gasteiger partial charge in [-0.2, -0.15) is 0 Å². The molecule has 1 aliphatic rings. The van der Waals surface area contributed by atoms with Gasteiger partial charge in [-0.1, -0.05) is 0 Å². The van der Waals surface area contributed by atoms with Crippen molar-refractivity contribution in [2.45, 2.75) is 30.7 Å². The van der Waals surface area contributed by atoms with E-state index in [-0.39, 0.29) is 22.5 Å².